The van der Waals surface area contributed by atoms with Gasteiger partial charge in [-0.1, -0.05) is 19.1 Å². The van der Waals surface area contributed by atoms with Crippen molar-refractivity contribution in [1.29, 1.82) is 0 Å². The van der Waals surface area contributed by atoms with Crippen LogP contribution in [0.1, 0.15) is 29.3 Å². The highest BCUT2D eigenvalue weighted by molar-refractivity contribution is 8.24. The summed E-state index contributed by atoms with van der Waals surface area (Å²) in [5.41, 5.74) is 1.26. The molecule has 0 radical (unpaired) electrons. The third-order valence-electron chi connectivity index (χ3n) is 4.56. The van der Waals surface area contributed by atoms with Crippen LogP contribution in [-0.2, 0) is 21.1 Å². The monoisotopic (exact) mass is 423 g/mol. The van der Waals surface area contributed by atoms with Crippen LogP contribution < -0.4 is 5.32 Å². The molecular weight excluding hydrogens is 402 g/mol. The number of amides is 1. The van der Waals surface area contributed by atoms with Crippen molar-refractivity contribution in [2.45, 2.75) is 29.6 Å². The number of carbonyl (C=O) groups is 2. The highest BCUT2D eigenvalue weighted by Crippen LogP contribution is 2.53. The van der Waals surface area contributed by atoms with Crippen molar-refractivity contribution in [3.05, 3.63) is 53.6 Å². The van der Waals surface area contributed by atoms with Gasteiger partial charge in [0.1, 0.15) is 0 Å². The number of nitrogens with one attached hydrogen (secondary N) is 1. The van der Waals surface area contributed by atoms with Gasteiger partial charge in [0.15, 0.2) is 15.6 Å². The second-order valence-electron chi connectivity index (χ2n) is 6.53. The van der Waals surface area contributed by atoms with Crippen LogP contribution in [0, 0.1) is 0 Å². The number of hydrogen-bond donors (Lipinski definition) is 3. The van der Waals surface area contributed by atoms with Gasteiger partial charge in [-0.15, -0.1) is 0 Å². The number of ketones is 1. The molecule has 9 heteroatoms. The van der Waals surface area contributed by atoms with E-state index in [9.17, 15) is 27.1 Å². The van der Waals surface area contributed by atoms with Gasteiger partial charge in [0.25, 0.3) is 0 Å². The Morgan fingerprint density at radius 2 is 1.82 bits per heavy atom. The molecule has 0 bridgehead atoms. The third-order valence-corrected chi connectivity index (χ3v) is 8.14. The topological polar surface area (TPSA) is 121 Å². The zero-order chi connectivity index (χ0) is 20.5. The maximum atomic E-state index is 12.3. The fourth-order valence-corrected chi connectivity index (χ4v) is 5.35. The standard InChI is InChI=1S/C19H21NO6S2/c1-2-27(23,24)15-6-3-13(4-7-15)11-19(22)20-14-5-8-18-16(12-14)17(21)9-10-28(18,25)26/h3-8,12,25-26H,2,9-11H2,1H3,(H,20,22). The van der Waals surface area contributed by atoms with Gasteiger partial charge in [-0.2, -0.15) is 10.6 Å². The predicted octanol–water partition coefficient (Wildman–Crippen LogP) is 3.36. The van der Waals surface area contributed by atoms with Crippen molar-refractivity contribution in [1.82, 2.24) is 0 Å². The molecule has 0 aromatic heterocycles. The van der Waals surface area contributed by atoms with Crippen LogP contribution >= 0.6 is 10.6 Å². The van der Waals surface area contributed by atoms with Gasteiger partial charge >= 0.3 is 0 Å². The number of carbonyl (C=O) groups excluding carboxylic acids is 2. The first-order chi connectivity index (χ1) is 13.1. The molecule has 2 aromatic rings. The summed E-state index contributed by atoms with van der Waals surface area (Å²) in [5, 5.41) is 2.68. The molecule has 150 valence electrons. The summed E-state index contributed by atoms with van der Waals surface area (Å²) in [6.07, 6.45) is 0.0897. The molecule has 0 unspecified atom stereocenters. The fourth-order valence-electron chi connectivity index (χ4n) is 2.96. The second kappa shape index (κ2) is 7.67. The first-order valence-electron chi connectivity index (χ1n) is 8.67. The van der Waals surface area contributed by atoms with E-state index in [0.29, 0.717) is 11.3 Å². The molecule has 1 amide bonds. The molecule has 3 rings (SSSR count). The van der Waals surface area contributed by atoms with Gasteiger partial charge in [0.2, 0.25) is 5.91 Å². The summed E-state index contributed by atoms with van der Waals surface area (Å²) in [6, 6.07) is 10.6. The Balaban J connectivity index is 1.72. The molecular formula is C19H21NO6S2. The Hall–Kier alpha value is -2.20. The average molecular weight is 424 g/mol. The van der Waals surface area contributed by atoms with Crippen molar-refractivity contribution >= 4 is 37.8 Å². The van der Waals surface area contributed by atoms with Crippen LogP contribution in [0.3, 0.4) is 0 Å². The Kier molecular flexibility index (Phi) is 5.62. The van der Waals surface area contributed by atoms with Crippen molar-refractivity contribution in [2.75, 3.05) is 16.8 Å². The van der Waals surface area contributed by atoms with Crippen LogP contribution in [-0.4, -0.2) is 40.7 Å². The summed E-state index contributed by atoms with van der Waals surface area (Å²) < 4.78 is 43.8. The summed E-state index contributed by atoms with van der Waals surface area (Å²) in [5.74, 6) is -0.492. The molecule has 0 saturated carbocycles. The molecule has 2 aromatic carbocycles. The summed E-state index contributed by atoms with van der Waals surface area (Å²) in [4.78, 5) is 24.8. The van der Waals surface area contributed by atoms with E-state index < -0.39 is 20.4 Å². The predicted molar refractivity (Wildman–Crippen MR) is 108 cm³/mol. The minimum absolute atomic E-state index is 0.00849. The Bertz CT molecular complexity index is 1030. The molecule has 0 atom stereocenters. The first kappa shape index (κ1) is 20.5. The molecule has 1 aliphatic rings. The molecule has 0 saturated heterocycles. The van der Waals surface area contributed by atoms with E-state index in [1.807, 2.05) is 0 Å². The van der Waals surface area contributed by atoms with Crippen LogP contribution in [0.4, 0.5) is 5.69 Å². The first-order valence-corrected chi connectivity index (χ1v) is 12.0. The van der Waals surface area contributed by atoms with E-state index in [2.05, 4.69) is 5.32 Å². The lowest BCUT2D eigenvalue weighted by atomic mass is 10.1. The number of sulfone groups is 1. The number of anilines is 1. The molecule has 1 aliphatic heterocycles. The largest absolute Gasteiger partial charge is 0.326 e. The number of benzene rings is 2. The third kappa shape index (κ3) is 4.27. The van der Waals surface area contributed by atoms with E-state index in [0.717, 1.165) is 0 Å². The van der Waals surface area contributed by atoms with Crippen molar-refractivity contribution in [2.24, 2.45) is 0 Å². The quantitative estimate of drug-likeness (QED) is 0.678. The SMILES string of the molecule is CCS(=O)(=O)c1ccc(CC(=O)Nc2ccc3c(c2)C(=O)CCS3(O)O)cc1. The van der Waals surface area contributed by atoms with E-state index in [1.54, 1.807) is 19.1 Å². The molecule has 0 aliphatic carbocycles. The average Bonchev–Trinajstić information content (AvgIpc) is 2.65. The Labute approximate surface area is 165 Å². The lowest BCUT2D eigenvalue weighted by Crippen LogP contribution is -2.20. The fraction of sp³-hybridized carbons (Fsp3) is 0.263. The van der Waals surface area contributed by atoms with Gasteiger partial charge in [0.05, 0.1) is 22.0 Å². The highest BCUT2D eigenvalue weighted by atomic mass is 32.3. The lowest BCUT2D eigenvalue weighted by molar-refractivity contribution is -0.115. The van der Waals surface area contributed by atoms with Crippen molar-refractivity contribution in [3.8, 4) is 0 Å². The number of rotatable bonds is 5. The van der Waals surface area contributed by atoms with E-state index in [-0.39, 0.29) is 51.4 Å². The van der Waals surface area contributed by atoms with E-state index >= 15 is 0 Å². The maximum absolute atomic E-state index is 12.3. The molecule has 7 nitrogen and oxygen atoms in total. The van der Waals surface area contributed by atoms with E-state index in [4.69, 9.17) is 0 Å². The van der Waals surface area contributed by atoms with Crippen molar-refractivity contribution in [3.63, 3.8) is 0 Å². The molecule has 3 N–H and O–H groups in total. The normalized spacial score (nSPS) is 16.9. The van der Waals surface area contributed by atoms with Crippen LogP contribution in [0.2, 0.25) is 0 Å². The summed E-state index contributed by atoms with van der Waals surface area (Å²) in [6.45, 7) is 1.57. The van der Waals surface area contributed by atoms with Crippen LogP contribution in [0.5, 0.6) is 0 Å². The second-order valence-corrected chi connectivity index (χ2v) is 11.0. The van der Waals surface area contributed by atoms with Gasteiger partial charge < -0.3 is 5.32 Å². The molecule has 1 heterocycles. The lowest BCUT2D eigenvalue weighted by Gasteiger charge is -2.37. The van der Waals surface area contributed by atoms with Crippen LogP contribution in [0.15, 0.2) is 52.3 Å². The molecule has 0 spiro atoms. The summed E-state index contributed by atoms with van der Waals surface area (Å²) in [7, 11) is -6.26. The number of hydrogen-bond acceptors (Lipinski definition) is 6. The highest BCUT2D eigenvalue weighted by Gasteiger charge is 2.29. The minimum atomic E-state index is -3.29. The zero-order valence-electron chi connectivity index (χ0n) is 15.2. The zero-order valence-corrected chi connectivity index (χ0v) is 16.8. The molecule has 28 heavy (non-hydrogen) atoms. The van der Waals surface area contributed by atoms with Crippen molar-refractivity contribution < 1.29 is 27.1 Å². The van der Waals surface area contributed by atoms with E-state index in [1.165, 1.54) is 30.3 Å². The Morgan fingerprint density at radius 3 is 2.46 bits per heavy atom. The smallest absolute Gasteiger partial charge is 0.228 e. The number of fused-ring (bicyclic) bond motifs is 1. The maximum Gasteiger partial charge on any atom is 0.228 e. The Morgan fingerprint density at radius 1 is 1.14 bits per heavy atom. The molecule has 0 fully saturated rings. The van der Waals surface area contributed by atoms with Crippen LogP contribution in [0.25, 0.3) is 0 Å². The minimum Gasteiger partial charge on any atom is -0.326 e. The van der Waals surface area contributed by atoms with Gasteiger partial charge in [-0.25, -0.2) is 8.42 Å². The number of Topliss-reactive ketones (excluding diaryl/α,β-unsaturated/α-hetero) is 1. The van der Waals surface area contributed by atoms with Gasteiger partial charge in [-0.3, -0.25) is 18.7 Å². The van der Waals surface area contributed by atoms with Gasteiger partial charge in [-0.05, 0) is 35.9 Å². The summed E-state index contributed by atoms with van der Waals surface area (Å²) >= 11 is 0. The van der Waals surface area contributed by atoms with Gasteiger partial charge in [0, 0.05) is 23.4 Å².